The van der Waals surface area contributed by atoms with Gasteiger partial charge in [0.1, 0.15) is 5.82 Å². The van der Waals surface area contributed by atoms with E-state index in [2.05, 4.69) is 9.55 Å². The van der Waals surface area contributed by atoms with Gasteiger partial charge >= 0.3 is 0 Å². The minimum Gasteiger partial charge on any atom is -0.323 e. The van der Waals surface area contributed by atoms with Crippen LogP contribution in [0.2, 0.25) is 0 Å². The van der Waals surface area contributed by atoms with E-state index in [-0.39, 0.29) is 11.9 Å². The van der Waals surface area contributed by atoms with Crippen LogP contribution in [0.3, 0.4) is 0 Å². The Morgan fingerprint density at radius 3 is 2.50 bits per heavy atom. The van der Waals surface area contributed by atoms with Crippen molar-refractivity contribution < 1.29 is 12.8 Å². The molecule has 5 rings (SSSR count). The van der Waals surface area contributed by atoms with Crippen LogP contribution in [0.5, 0.6) is 0 Å². The average molecular weight is 376 g/mol. The van der Waals surface area contributed by atoms with Crippen LogP contribution < -0.4 is 0 Å². The Morgan fingerprint density at radius 2 is 1.81 bits per heavy atom. The van der Waals surface area contributed by atoms with E-state index in [1.165, 1.54) is 6.07 Å². The molecule has 3 aliphatic heterocycles. The summed E-state index contributed by atoms with van der Waals surface area (Å²) in [6.07, 6.45) is 6.13. The average Bonchev–Trinajstić information content (AvgIpc) is 3.14. The molecule has 0 spiro atoms. The van der Waals surface area contributed by atoms with Crippen LogP contribution in [0.15, 0.2) is 30.7 Å². The highest BCUT2D eigenvalue weighted by atomic mass is 32.2. The van der Waals surface area contributed by atoms with E-state index in [1.807, 2.05) is 6.07 Å². The van der Waals surface area contributed by atoms with Gasteiger partial charge in [-0.05, 0) is 42.9 Å². The number of halogens is 1. The van der Waals surface area contributed by atoms with Gasteiger partial charge in [-0.3, -0.25) is 0 Å². The van der Waals surface area contributed by atoms with E-state index in [0.29, 0.717) is 32.1 Å². The quantitative estimate of drug-likeness (QED) is 0.826. The van der Waals surface area contributed by atoms with Crippen molar-refractivity contribution in [3.8, 4) is 11.3 Å². The first-order valence-electron chi connectivity index (χ1n) is 9.12. The highest BCUT2D eigenvalue weighted by Gasteiger charge is 2.40. The molecule has 2 saturated heterocycles. The highest BCUT2D eigenvalue weighted by Crippen LogP contribution is 2.46. The summed E-state index contributed by atoms with van der Waals surface area (Å²) in [6.45, 7) is 2.37. The number of hydrogen-bond donors (Lipinski definition) is 0. The van der Waals surface area contributed by atoms with Gasteiger partial charge in [0, 0.05) is 31.7 Å². The predicted molar refractivity (Wildman–Crippen MR) is 95.2 cm³/mol. The minimum absolute atomic E-state index is 0.108. The summed E-state index contributed by atoms with van der Waals surface area (Å²) >= 11 is 0. The zero-order chi connectivity index (χ0) is 17.9. The first-order valence-corrected chi connectivity index (χ1v) is 10.5. The molecule has 8 heteroatoms. The van der Waals surface area contributed by atoms with Crippen LogP contribution in [-0.2, 0) is 10.2 Å². The van der Waals surface area contributed by atoms with Gasteiger partial charge in [-0.2, -0.15) is 17.0 Å². The van der Waals surface area contributed by atoms with Crippen molar-refractivity contribution in [3.05, 3.63) is 42.1 Å². The summed E-state index contributed by atoms with van der Waals surface area (Å²) in [5.41, 5.74) is 2.97. The molecule has 1 unspecified atom stereocenters. The predicted octanol–water partition coefficient (Wildman–Crippen LogP) is 2.25. The van der Waals surface area contributed by atoms with Crippen LogP contribution in [0.1, 0.15) is 30.9 Å². The summed E-state index contributed by atoms with van der Waals surface area (Å²) in [4.78, 5) is 4.24. The lowest BCUT2D eigenvalue weighted by Crippen LogP contribution is -2.52. The van der Waals surface area contributed by atoms with Gasteiger partial charge in [-0.15, -0.1) is 0 Å². The molecule has 3 aliphatic rings. The lowest BCUT2D eigenvalue weighted by atomic mass is 9.86. The molecule has 1 aromatic heterocycles. The van der Waals surface area contributed by atoms with Gasteiger partial charge in [-0.1, -0.05) is 6.07 Å². The second-order valence-corrected chi connectivity index (χ2v) is 9.29. The Morgan fingerprint density at radius 1 is 1.08 bits per heavy atom. The molecule has 1 atom stereocenters. The fourth-order valence-corrected chi connectivity index (χ4v) is 6.20. The fraction of sp³-hybridized carbons (Fsp3) is 0.500. The molecule has 138 valence electrons. The topological polar surface area (TPSA) is 58.4 Å². The first-order chi connectivity index (χ1) is 12.6. The van der Waals surface area contributed by atoms with Crippen molar-refractivity contribution >= 4 is 10.2 Å². The molecule has 1 aromatic carbocycles. The van der Waals surface area contributed by atoms with E-state index in [9.17, 15) is 12.8 Å². The summed E-state index contributed by atoms with van der Waals surface area (Å²) in [5.74, 6) is 0.0742. The zero-order valence-corrected chi connectivity index (χ0v) is 15.2. The number of piperidine rings is 1. The number of aromatic nitrogens is 2. The largest absolute Gasteiger partial charge is 0.323 e. The molecule has 6 nitrogen and oxygen atoms in total. The Hall–Kier alpha value is -1.77. The molecular formula is C18H21FN4O2S. The molecule has 26 heavy (non-hydrogen) atoms. The number of fused-ring (bicyclic) bond motifs is 3. The van der Waals surface area contributed by atoms with E-state index >= 15 is 0 Å². The van der Waals surface area contributed by atoms with Gasteiger partial charge in [0.05, 0.1) is 24.3 Å². The fourth-order valence-electron chi connectivity index (χ4n) is 4.48. The maximum Gasteiger partial charge on any atom is 0.281 e. The maximum absolute atomic E-state index is 13.7. The standard InChI is InChI=1S/C18H21FN4O2S/c19-14-2-3-15-16(10-14)17-11-20-12-23(17)18(15)13-4-8-22(9-5-13)26(24,25)21-6-1-7-21/h2-3,10-13,18H,1,4-9H2. The second kappa shape index (κ2) is 5.87. The number of hydrogen-bond acceptors (Lipinski definition) is 3. The van der Waals surface area contributed by atoms with Crippen molar-refractivity contribution in [3.63, 3.8) is 0 Å². The third-order valence-corrected chi connectivity index (χ3v) is 8.02. The molecular weight excluding hydrogens is 355 g/mol. The maximum atomic E-state index is 13.7. The van der Waals surface area contributed by atoms with Crippen molar-refractivity contribution in [2.24, 2.45) is 5.92 Å². The van der Waals surface area contributed by atoms with Gasteiger partial charge in [0.25, 0.3) is 10.2 Å². The van der Waals surface area contributed by atoms with Crippen LogP contribution in [0.4, 0.5) is 4.39 Å². The summed E-state index contributed by atoms with van der Waals surface area (Å²) < 4.78 is 44.2. The van der Waals surface area contributed by atoms with E-state index < -0.39 is 10.2 Å². The molecule has 2 aromatic rings. The van der Waals surface area contributed by atoms with Gasteiger partial charge < -0.3 is 4.57 Å². The Balaban J connectivity index is 1.39. The Bertz CT molecular complexity index is 946. The van der Waals surface area contributed by atoms with E-state index in [1.54, 1.807) is 27.2 Å². The first kappa shape index (κ1) is 16.4. The third kappa shape index (κ3) is 2.35. The van der Waals surface area contributed by atoms with Crippen molar-refractivity contribution in [2.45, 2.75) is 25.3 Å². The summed E-state index contributed by atoms with van der Waals surface area (Å²) in [6, 6.07) is 5.06. The van der Waals surface area contributed by atoms with Crippen LogP contribution in [0.25, 0.3) is 11.3 Å². The van der Waals surface area contributed by atoms with E-state index in [4.69, 9.17) is 0 Å². The van der Waals surface area contributed by atoms with Crippen molar-refractivity contribution in [2.75, 3.05) is 26.2 Å². The lowest BCUT2D eigenvalue weighted by Gasteiger charge is -2.39. The summed E-state index contributed by atoms with van der Waals surface area (Å²) in [7, 11) is -3.29. The van der Waals surface area contributed by atoms with Gasteiger partial charge in [0.15, 0.2) is 0 Å². The molecule has 0 saturated carbocycles. The SMILES string of the molecule is O=S(=O)(N1CCC1)N1CCC(C2c3ccc(F)cc3-c3cncn32)CC1. The number of rotatable bonds is 3. The number of nitrogens with zero attached hydrogens (tertiary/aromatic N) is 4. The Labute approximate surface area is 152 Å². The lowest BCUT2D eigenvalue weighted by molar-refractivity contribution is 0.208. The zero-order valence-electron chi connectivity index (χ0n) is 14.4. The molecule has 2 fully saturated rings. The van der Waals surface area contributed by atoms with Gasteiger partial charge in [-0.25, -0.2) is 9.37 Å². The van der Waals surface area contributed by atoms with Crippen LogP contribution >= 0.6 is 0 Å². The van der Waals surface area contributed by atoms with Crippen molar-refractivity contribution in [1.82, 2.24) is 18.2 Å². The summed E-state index contributed by atoms with van der Waals surface area (Å²) in [5, 5.41) is 0. The molecule has 4 heterocycles. The minimum atomic E-state index is -3.29. The second-order valence-electron chi connectivity index (χ2n) is 7.36. The van der Waals surface area contributed by atoms with Crippen molar-refractivity contribution in [1.29, 1.82) is 0 Å². The monoisotopic (exact) mass is 376 g/mol. The third-order valence-electron chi connectivity index (χ3n) is 5.99. The molecule has 0 amide bonds. The van der Waals surface area contributed by atoms with Gasteiger partial charge in [0.2, 0.25) is 0 Å². The smallest absolute Gasteiger partial charge is 0.281 e. The molecule has 0 aliphatic carbocycles. The Kier molecular flexibility index (Phi) is 3.70. The van der Waals surface area contributed by atoms with E-state index in [0.717, 1.165) is 36.1 Å². The number of imidazole rings is 1. The molecule has 0 N–H and O–H groups in total. The van der Waals surface area contributed by atoms with Crippen LogP contribution in [-0.4, -0.2) is 52.8 Å². The normalized spacial score (nSPS) is 24.3. The van der Waals surface area contributed by atoms with Crippen LogP contribution in [0, 0.1) is 11.7 Å². The molecule has 0 radical (unpaired) electrons. The highest BCUT2D eigenvalue weighted by molar-refractivity contribution is 7.86. The molecule has 0 bridgehead atoms. The number of benzene rings is 1.